The summed E-state index contributed by atoms with van der Waals surface area (Å²) in [6.07, 6.45) is 0. The first kappa shape index (κ1) is 9.07. The Kier molecular flexibility index (Phi) is 3.11. The first-order valence-electron chi connectivity index (χ1n) is 4.03. The lowest BCUT2D eigenvalue weighted by atomic mass is 10.0. The number of aliphatic hydroxyl groups excluding tert-OH is 1. The molecule has 0 fully saturated rings. The third-order valence-electron chi connectivity index (χ3n) is 1.94. The standard InChI is InChI=1S/C10H14O2/c1-8(7-11)9-5-3-4-6-10(9)12-2/h3-6,8,11H,7H2,1-2H3/t8-/m0/s1. The second-order valence-corrected chi connectivity index (χ2v) is 2.83. The number of hydrogen-bond donors (Lipinski definition) is 1. The van der Waals surface area contributed by atoms with E-state index in [4.69, 9.17) is 9.84 Å². The first-order chi connectivity index (χ1) is 5.79. The van der Waals surface area contributed by atoms with Crippen LogP contribution in [-0.2, 0) is 0 Å². The van der Waals surface area contributed by atoms with E-state index >= 15 is 0 Å². The quantitative estimate of drug-likeness (QED) is 0.741. The molecule has 0 aliphatic rings. The highest BCUT2D eigenvalue weighted by Crippen LogP contribution is 2.25. The normalized spacial score (nSPS) is 12.6. The topological polar surface area (TPSA) is 29.5 Å². The molecule has 2 nitrogen and oxygen atoms in total. The predicted molar refractivity (Wildman–Crippen MR) is 48.5 cm³/mol. The summed E-state index contributed by atoms with van der Waals surface area (Å²) < 4.78 is 5.16. The minimum Gasteiger partial charge on any atom is -0.496 e. The minimum atomic E-state index is 0.140. The average Bonchev–Trinajstić information content (AvgIpc) is 2.16. The van der Waals surface area contributed by atoms with Crippen LogP contribution in [0, 0.1) is 0 Å². The Morgan fingerprint density at radius 2 is 2.08 bits per heavy atom. The zero-order valence-electron chi connectivity index (χ0n) is 7.45. The van der Waals surface area contributed by atoms with Crippen molar-refractivity contribution in [3.63, 3.8) is 0 Å². The molecule has 0 aliphatic heterocycles. The van der Waals surface area contributed by atoms with Gasteiger partial charge in [0, 0.05) is 12.5 Å². The maximum Gasteiger partial charge on any atom is 0.122 e. The molecule has 1 atom stereocenters. The summed E-state index contributed by atoms with van der Waals surface area (Å²) in [5.74, 6) is 0.986. The van der Waals surface area contributed by atoms with E-state index in [1.807, 2.05) is 31.2 Å². The smallest absolute Gasteiger partial charge is 0.122 e. The van der Waals surface area contributed by atoms with Gasteiger partial charge in [-0.25, -0.2) is 0 Å². The molecule has 0 radical (unpaired) electrons. The van der Waals surface area contributed by atoms with Crippen LogP contribution in [0.4, 0.5) is 0 Å². The van der Waals surface area contributed by atoms with E-state index in [2.05, 4.69) is 0 Å². The number of ether oxygens (including phenoxy) is 1. The van der Waals surface area contributed by atoms with Crippen molar-refractivity contribution in [2.75, 3.05) is 13.7 Å². The van der Waals surface area contributed by atoms with E-state index < -0.39 is 0 Å². The van der Waals surface area contributed by atoms with Gasteiger partial charge in [0.1, 0.15) is 5.75 Å². The lowest BCUT2D eigenvalue weighted by Gasteiger charge is -2.12. The molecule has 12 heavy (non-hydrogen) atoms. The molecule has 0 bridgehead atoms. The molecule has 0 saturated heterocycles. The fourth-order valence-electron chi connectivity index (χ4n) is 1.17. The second-order valence-electron chi connectivity index (χ2n) is 2.83. The van der Waals surface area contributed by atoms with Gasteiger partial charge in [0.2, 0.25) is 0 Å². The van der Waals surface area contributed by atoms with E-state index in [0.717, 1.165) is 11.3 Å². The molecule has 0 aliphatic carbocycles. The van der Waals surface area contributed by atoms with Gasteiger partial charge < -0.3 is 9.84 Å². The van der Waals surface area contributed by atoms with E-state index in [-0.39, 0.29) is 12.5 Å². The van der Waals surface area contributed by atoms with E-state index in [1.54, 1.807) is 7.11 Å². The van der Waals surface area contributed by atoms with Crippen LogP contribution in [0.1, 0.15) is 18.4 Å². The highest BCUT2D eigenvalue weighted by Gasteiger charge is 2.08. The summed E-state index contributed by atoms with van der Waals surface area (Å²) in [6.45, 7) is 2.12. The van der Waals surface area contributed by atoms with E-state index in [9.17, 15) is 0 Å². The Labute approximate surface area is 72.8 Å². The van der Waals surface area contributed by atoms with Crippen molar-refractivity contribution in [1.82, 2.24) is 0 Å². The Hall–Kier alpha value is -1.02. The molecule has 0 heterocycles. The van der Waals surface area contributed by atoms with Crippen molar-refractivity contribution < 1.29 is 9.84 Å². The highest BCUT2D eigenvalue weighted by molar-refractivity contribution is 5.35. The van der Waals surface area contributed by atoms with Gasteiger partial charge >= 0.3 is 0 Å². The molecule has 0 amide bonds. The minimum absolute atomic E-state index is 0.140. The van der Waals surface area contributed by atoms with Gasteiger partial charge in [0.15, 0.2) is 0 Å². The third kappa shape index (κ3) is 1.77. The van der Waals surface area contributed by atoms with Crippen LogP contribution in [-0.4, -0.2) is 18.8 Å². The number of aliphatic hydroxyl groups is 1. The van der Waals surface area contributed by atoms with Gasteiger partial charge in [-0.1, -0.05) is 25.1 Å². The number of rotatable bonds is 3. The first-order valence-corrected chi connectivity index (χ1v) is 4.03. The van der Waals surface area contributed by atoms with Crippen LogP contribution in [0.25, 0.3) is 0 Å². The third-order valence-corrected chi connectivity index (χ3v) is 1.94. The summed E-state index contributed by atoms with van der Waals surface area (Å²) in [5.41, 5.74) is 1.06. The number of para-hydroxylation sites is 1. The summed E-state index contributed by atoms with van der Waals surface area (Å²) in [7, 11) is 1.64. The lowest BCUT2D eigenvalue weighted by molar-refractivity contribution is 0.269. The zero-order chi connectivity index (χ0) is 8.97. The van der Waals surface area contributed by atoms with Gasteiger partial charge in [-0.3, -0.25) is 0 Å². The Morgan fingerprint density at radius 3 is 2.67 bits per heavy atom. The monoisotopic (exact) mass is 166 g/mol. The van der Waals surface area contributed by atoms with Gasteiger partial charge in [0.05, 0.1) is 7.11 Å². The largest absolute Gasteiger partial charge is 0.496 e. The molecule has 1 rings (SSSR count). The summed E-state index contributed by atoms with van der Waals surface area (Å²) in [4.78, 5) is 0. The van der Waals surface area contributed by atoms with Crippen LogP contribution in [0.3, 0.4) is 0 Å². The van der Waals surface area contributed by atoms with Crippen LogP contribution in [0.2, 0.25) is 0 Å². The number of benzene rings is 1. The molecular weight excluding hydrogens is 152 g/mol. The summed E-state index contributed by atoms with van der Waals surface area (Å²) in [5, 5.41) is 8.95. The fraction of sp³-hybridized carbons (Fsp3) is 0.400. The Bertz CT molecular complexity index is 245. The molecule has 0 saturated carbocycles. The SMILES string of the molecule is COc1ccccc1[C@@H](C)CO. The van der Waals surface area contributed by atoms with Gasteiger partial charge in [-0.15, -0.1) is 0 Å². The van der Waals surface area contributed by atoms with Crippen molar-refractivity contribution in [3.05, 3.63) is 29.8 Å². The highest BCUT2D eigenvalue weighted by atomic mass is 16.5. The van der Waals surface area contributed by atoms with Crippen LogP contribution in [0.15, 0.2) is 24.3 Å². The molecule has 0 unspecified atom stereocenters. The molecule has 1 aromatic carbocycles. The van der Waals surface area contributed by atoms with Crippen LogP contribution >= 0.6 is 0 Å². The van der Waals surface area contributed by atoms with Crippen molar-refractivity contribution >= 4 is 0 Å². The van der Waals surface area contributed by atoms with Crippen LogP contribution in [0.5, 0.6) is 5.75 Å². The van der Waals surface area contributed by atoms with Crippen LogP contribution < -0.4 is 4.74 Å². The van der Waals surface area contributed by atoms with Gasteiger partial charge in [-0.05, 0) is 11.6 Å². The maximum absolute atomic E-state index is 8.95. The van der Waals surface area contributed by atoms with E-state index in [0.29, 0.717) is 0 Å². The molecule has 2 heteroatoms. The molecular formula is C10H14O2. The van der Waals surface area contributed by atoms with Gasteiger partial charge in [0.25, 0.3) is 0 Å². The summed E-state index contributed by atoms with van der Waals surface area (Å²) >= 11 is 0. The van der Waals surface area contributed by atoms with Crippen molar-refractivity contribution in [3.8, 4) is 5.75 Å². The van der Waals surface area contributed by atoms with E-state index in [1.165, 1.54) is 0 Å². The molecule has 1 aromatic rings. The average molecular weight is 166 g/mol. The fourth-order valence-corrected chi connectivity index (χ4v) is 1.17. The second kappa shape index (κ2) is 4.12. The number of hydrogen-bond acceptors (Lipinski definition) is 2. The van der Waals surface area contributed by atoms with Gasteiger partial charge in [-0.2, -0.15) is 0 Å². The molecule has 1 N–H and O–H groups in total. The van der Waals surface area contributed by atoms with Crippen molar-refractivity contribution in [2.45, 2.75) is 12.8 Å². The Morgan fingerprint density at radius 1 is 1.42 bits per heavy atom. The molecule has 0 spiro atoms. The maximum atomic E-state index is 8.95. The van der Waals surface area contributed by atoms with Crippen molar-refractivity contribution in [1.29, 1.82) is 0 Å². The predicted octanol–water partition coefficient (Wildman–Crippen LogP) is 1.79. The van der Waals surface area contributed by atoms with Crippen molar-refractivity contribution in [2.24, 2.45) is 0 Å². The molecule has 0 aromatic heterocycles. The number of methoxy groups -OCH3 is 1. The summed E-state index contributed by atoms with van der Waals surface area (Å²) in [6, 6.07) is 7.75. The Balaban J connectivity index is 2.96. The zero-order valence-corrected chi connectivity index (χ0v) is 7.45. The molecule has 66 valence electrons. The lowest BCUT2D eigenvalue weighted by Crippen LogP contribution is -2.01.